The second kappa shape index (κ2) is 14.8. The van der Waals surface area contributed by atoms with Crippen LogP contribution in [0.2, 0.25) is 0 Å². The predicted molar refractivity (Wildman–Crippen MR) is 248 cm³/mol. The lowest BCUT2D eigenvalue weighted by Gasteiger charge is -2.32. The van der Waals surface area contributed by atoms with Gasteiger partial charge in [0.1, 0.15) is 0 Å². The van der Waals surface area contributed by atoms with Gasteiger partial charge in [-0.2, -0.15) is 0 Å². The van der Waals surface area contributed by atoms with Crippen molar-refractivity contribution in [2.75, 3.05) is 4.90 Å². The third-order valence-corrected chi connectivity index (χ3v) is 12.5. The van der Waals surface area contributed by atoms with Gasteiger partial charge in [0, 0.05) is 27.6 Å². The molecule has 0 unspecified atom stereocenters. The standard InChI is InChI=1S/C56H50N2/c1-56(2,3)42-36-37-52(49(38-42)40-22-9-5-10-23-40)58(53-35-19-32-48-46-29-14-15-33-50(46)57(55(48)53)43-26-11-6-12-27-43)51-34-16-13-28-45(51)47-31-18-25-41-24-17-30-44(54(41)47)39-20-7-4-8-21-39/h5-6,9-19,22-39H,4,7-8,20-21H2,1-3H3. The average Bonchev–Trinajstić information content (AvgIpc) is 3.62. The molecular formula is C56H50N2. The van der Waals surface area contributed by atoms with E-state index < -0.39 is 0 Å². The second-order valence-electron chi connectivity index (χ2n) is 17.1. The molecule has 284 valence electrons. The minimum Gasteiger partial charge on any atom is -0.307 e. The summed E-state index contributed by atoms with van der Waals surface area (Å²) in [4.78, 5) is 2.58. The van der Waals surface area contributed by atoms with Gasteiger partial charge in [-0.05, 0) is 99.7 Å². The Kier molecular flexibility index (Phi) is 9.21. The maximum absolute atomic E-state index is 2.58. The molecule has 0 amide bonds. The van der Waals surface area contributed by atoms with Gasteiger partial charge in [-0.3, -0.25) is 0 Å². The Bertz CT molecular complexity index is 2900. The van der Waals surface area contributed by atoms with Crippen molar-refractivity contribution in [3.63, 3.8) is 0 Å². The molecule has 2 heteroatoms. The SMILES string of the molecule is CC(C)(C)c1ccc(N(c2ccccc2-c2cccc3cccc(C4CCCCC4)c23)c2cccc3c4ccccc4n(-c4ccccc4)c23)c(-c2ccccc2)c1. The van der Waals surface area contributed by atoms with Crippen molar-refractivity contribution >= 4 is 49.6 Å². The lowest BCUT2D eigenvalue weighted by molar-refractivity contribution is 0.445. The Morgan fingerprint density at radius 1 is 0.500 bits per heavy atom. The van der Waals surface area contributed by atoms with E-state index in [1.165, 1.54) is 98.1 Å². The number of nitrogens with zero attached hydrogens (tertiary/aromatic N) is 2. The van der Waals surface area contributed by atoms with Crippen LogP contribution in [0.1, 0.15) is 69.9 Å². The number of benzene rings is 8. The van der Waals surface area contributed by atoms with Crippen molar-refractivity contribution in [1.29, 1.82) is 0 Å². The zero-order chi connectivity index (χ0) is 39.2. The van der Waals surface area contributed by atoms with Gasteiger partial charge in [-0.25, -0.2) is 0 Å². The van der Waals surface area contributed by atoms with Crippen LogP contribution in [0.25, 0.3) is 60.5 Å². The highest BCUT2D eigenvalue weighted by Crippen LogP contribution is 2.50. The van der Waals surface area contributed by atoms with E-state index in [-0.39, 0.29) is 5.41 Å². The molecular weight excluding hydrogens is 701 g/mol. The van der Waals surface area contributed by atoms with Crippen molar-refractivity contribution in [2.24, 2.45) is 0 Å². The highest BCUT2D eigenvalue weighted by atomic mass is 15.2. The minimum absolute atomic E-state index is 0.0248. The van der Waals surface area contributed by atoms with Gasteiger partial charge >= 0.3 is 0 Å². The van der Waals surface area contributed by atoms with Crippen LogP contribution in [0.4, 0.5) is 17.1 Å². The molecule has 2 nitrogen and oxygen atoms in total. The Morgan fingerprint density at radius 3 is 1.91 bits per heavy atom. The first-order valence-electron chi connectivity index (χ1n) is 21.1. The van der Waals surface area contributed by atoms with Crippen LogP contribution < -0.4 is 4.90 Å². The maximum atomic E-state index is 2.58. The van der Waals surface area contributed by atoms with E-state index in [4.69, 9.17) is 0 Å². The minimum atomic E-state index is -0.0248. The van der Waals surface area contributed by atoms with Crippen LogP contribution >= 0.6 is 0 Å². The molecule has 1 aromatic heterocycles. The normalized spacial score (nSPS) is 13.7. The van der Waals surface area contributed by atoms with Gasteiger partial charge in [-0.1, -0.05) is 180 Å². The van der Waals surface area contributed by atoms with Crippen molar-refractivity contribution in [3.8, 4) is 27.9 Å². The summed E-state index contributed by atoms with van der Waals surface area (Å²) in [5.41, 5.74) is 14.7. The third-order valence-electron chi connectivity index (χ3n) is 12.5. The van der Waals surface area contributed by atoms with Crippen molar-refractivity contribution in [3.05, 3.63) is 193 Å². The fraction of sp³-hybridized carbons (Fsp3) is 0.179. The molecule has 8 aromatic carbocycles. The summed E-state index contributed by atoms with van der Waals surface area (Å²) in [5, 5.41) is 5.19. The topological polar surface area (TPSA) is 8.17 Å². The second-order valence-corrected chi connectivity index (χ2v) is 17.1. The molecule has 0 aliphatic heterocycles. The van der Waals surface area contributed by atoms with Gasteiger partial charge in [0.25, 0.3) is 0 Å². The van der Waals surface area contributed by atoms with E-state index in [1.807, 2.05) is 0 Å². The van der Waals surface area contributed by atoms with Gasteiger partial charge in [-0.15, -0.1) is 0 Å². The number of fused-ring (bicyclic) bond motifs is 4. The predicted octanol–water partition coefficient (Wildman–Crippen LogP) is 16.1. The van der Waals surface area contributed by atoms with E-state index in [1.54, 1.807) is 0 Å². The first-order valence-corrected chi connectivity index (χ1v) is 21.1. The molecule has 9 aromatic rings. The van der Waals surface area contributed by atoms with Crippen LogP contribution in [-0.4, -0.2) is 4.57 Å². The fourth-order valence-electron chi connectivity index (χ4n) is 9.71. The molecule has 0 N–H and O–H groups in total. The summed E-state index contributed by atoms with van der Waals surface area (Å²) in [6.45, 7) is 6.94. The summed E-state index contributed by atoms with van der Waals surface area (Å²) in [7, 11) is 0. The molecule has 0 bridgehead atoms. The fourth-order valence-corrected chi connectivity index (χ4v) is 9.71. The first-order chi connectivity index (χ1) is 28.5. The van der Waals surface area contributed by atoms with Crippen LogP contribution in [0, 0.1) is 0 Å². The maximum Gasteiger partial charge on any atom is 0.0782 e. The van der Waals surface area contributed by atoms with E-state index in [0.717, 1.165) is 22.7 Å². The molecule has 0 spiro atoms. The number of anilines is 3. The molecule has 0 radical (unpaired) electrons. The Balaban J connectivity index is 1.33. The summed E-state index contributed by atoms with van der Waals surface area (Å²) in [5.74, 6) is 0.576. The van der Waals surface area contributed by atoms with E-state index in [9.17, 15) is 0 Å². The highest BCUT2D eigenvalue weighted by molar-refractivity contribution is 6.15. The summed E-state index contributed by atoms with van der Waals surface area (Å²) in [6.07, 6.45) is 6.47. The number of para-hydroxylation sites is 4. The molecule has 1 aliphatic rings. The molecule has 1 saturated carbocycles. The van der Waals surface area contributed by atoms with Crippen LogP contribution in [0.3, 0.4) is 0 Å². The molecule has 0 atom stereocenters. The van der Waals surface area contributed by atoms with Gasteiger partial charge in [0.05, 0.1) is 28.1 Å². The van der Waals surface area contributed by atoms with Crippen LogP contribution in [0.5, 0.6) is 0 Å². The Labute approximate surface area is 343 Å². The monoisotopic (exact) mass is 750 g/mol. The molecule has 1 aliphatic carbocycles. The van der Waals surface area contributed by atoms with Gasteiger partial charge < -0.3 is 9.47 Å². The van der Waals surface area contributed by atoms with Gasteiger partial charge in [0.2, 0.25) is 0 Å². The number of rotatable bonds is 7. The van der Waals surface area contributed by atoms with Gasteiger partial charge in [0.15, 0.2) is 0 Å². The zero-order valence-corrected chi connectivity index (χ0v) is 33.8. The average molecular weight is 751 g/mol. The third kappa shape index (κ3) is 6.28. The first kappa shape index (κ1) is 36.0. The van der Waals surface area contributed by atoms with Crippen molar-refractivity contribution < 1.29 is 0 Å². The molecule has 0 saturated heterocycles. The molecule has 58 heavy (non-hydrogen) atoms. The highest BCUT2D eigenvalue weighted by Gasteiger charge is 2.28. The van der Waals surface area contributed by atoms with Crippen LogP contribution in [-0.2, 0) is 5.41 Å². The van der Waals surface area contributed by atoms with Crippen molar-refractivity contribution in [2.45, 2.75) is 64.2 Å². The summed E-state index contributed by atoms with van der Waals surface area (Å²) < 4.78 is 2.47. The van der Waals surface area contributed by atoms with Crippen LogP contribution in [0.15, 0.2) is 182 Å². The van der Waals surface area contributed by atoms with E-state index >= 15 is 0 Å². The smallest absolute Gasteiger partial charge is 0.0782 e. The van der Waals surface area contributed by atoms with Crippen molar-refractivity contribution in [1.82, 2.24) is 4.57 Å². The largest absolute Gasteiger partial charge is 0.307 e. The lowest BCUT2D eigenvalue weighted by atomic mass is 9.80. The summed E-state index contributed by atoms with van der Waals surface area (Å²) >= 11 is 0. The Hall–Kier alpha value is -6.38. The number of hydrogen-bond acceptors (Lipinski definition) is 1. The zero-order valence-electron chi connectivity index (χ0n) is 33.8. The molecule has 10 rings (SSSR count). The summed E-state index contributed by atoms with van der Waals surface area (Å²) in [6, 6.07) is 67.8. The quantitative estimate of drug-likeness (QED) is 0.157. The molecule has 1 fully saturated rings. The number of hydrogen-bond donors (Lipinski definition) is 0. The number of aromatic nitrogens is 1. The molecule has 1 heterocycles. The van der Waals surface area contributed by atoms with E-state index in [2.05, 4.69) is 212 Å². The van der Waals surface area contributed by atoms with E-state index in [0.29, 0.717) is 5.92 Å². The lowest BCUT2D eigenvalue weighted by Crippen LogP contribution is -2.16. The Morgan fingerprint density at radius 2 is 1.12 bits per heavy atom.